The number of hydroxylamine groups is 1. The molecule has 0 saturated carbocycles. The van der Waals surface area contributed by atoms with Crippen molar-refractivity contribution in [3.63, 3.8) is 0 Å². The third-order valence-electron chi connectivity index (χ3n) is 9.67. The fourth-order valence-corrected chi connectivity index (χ4v) is 7.03. The summed E-state index contributed by atoms with van der Waals surface area (Å²) in [4.78, 5) is 33.6. The molecule has 45 heavy (non-hydrogen) atoms. The predicted molar refractivity (Wildman–Crippen MR) is 177 cm³/mol. The molecule has 0 amide bonds. The van der Waals surface area contributed by atoms with Crippen molar-refractivity contribution < 1.29 is 19.5 Å². The Balaban J connectivity index is 1.59. The largest absolute Gasteiger partial charge is 0.469 e. The van der Waals surface area contributed by atoms with Gasteiger partial charge in [-0.05, 0) is 88.0 Å². The molecule has 8 bridgehead atoms. The van der Waals surface area contributed by atoms with Crippen molar-refractivity contribution in [1.82, 2.24) is 10.8 Å². The summed E-state index contributed by atoms with van der Waals surface area (Å²) in [5, 5.41) is 14.2. The molecule has 9 nitrogen and oxygen atoms in total. The van der Waals surface area contributed by atoms with E-state index < -0.39 is 0 Å². The van der Waals surface area contributed by atoms with Gasteiger partial charge in [-0.1, -0.05) is 13.8 Å². The summed E-state index contributed by atoms with van der Waals surface area (Å²) in [6.07, 6.45) is 8.58. The van der Waals surface area contributed by atoms with Crippen LogP contribution in [-0.4, -0.2) is 48.0 Å². The minimum Gasteiger partial charge on any atom is -0.469 e. The van der Waals surface area contributed by atoms with Crippen molar-refractivity contribution in [3.8, 4) is 0 Å². The summed E-state index contributed by atoms with van der Waals surface area (Å²) in [5.41, 5.74) is 18.7. The van der Waals surface area contributed by atoms with E-state index in [1.807, 2.05) is 26.8 Å². The number of allylic oxidation sites excluding steroid dienone is 11. The lowest BCUT2D eigenvalue weighted by Gasteiger charge is -2.17. The number of nitrogens with zero attached hydrogens (tertiary/aromatic N) is 3. The average molecular weight is 610 g/mol. The molecule has 5 heterocycles. The Labute approximate surface area is 265 Å². The lowest BCUT2D eigenvalue weighted by atomic mass is 9.86. The smallest absolute Gasteiger partial charge is 0.305 e. The highest BCUT2D eigenvalue weighted by atomic mass is 16.7. The molecule has 1 saturated heterocycles. The van der Waals surface area contributed by atoms with Crippen molar-refractivity contribution in [2.24, 2.45) is 26.8 Å². The van der Waals surface area contributed by atoms with Crippen molar-refractivity contribution in [3.05, 3.63) is 91.4 Å². The van der Waals surface area contributed by atoms with Gasteiger partial charge >= 0.3 is 5.97 Å². The van der Waals surface area contributed by atoms with E-state index in [4.69, 9.17) is 24.6 Å². The molecule has 5 aliphatic heterocycles. The minimum atomic E-state index is -0.224. The Hall–Kier alpha value is -4.08. The van der Waals surface area contributed by atoms with Crippen LogP contribution in [0.15, 0.2) is 106 Å². The van der Waals surface area contributed by atoms with Crippen LogP contribution in [-0.2, 0) is 14.4 Å². The number of aliphatic hydroxyl groups is 1. The highest BCUT2D eigenvalue weighted by molar-refractivity contribution is 6.21. The SMILES string of the molecule is CCC1=C(C)C2=NC1=CC1=C(C)C3=C(NOC(C)C)CC(=C4NC(=CC5=NC(=C2)C(CO)=C5C)[C@@H](C)[C@@H]4CCC(=O)OC)C3=N1. The number of esters is 1. The molecule has 3 N–H and O–H groups in total. The number of carbonyl (C=O) groups excluding carboxylic acids is 1. The standard InChI is InChI=1S/C36H43N5O4/c1-9-22-18(4)27-14-31-25(16-42)20(6)26(38-31)13-28-19(5)23(10-11-33(43)44-8)35(39-28)24-12-32(41-45-17(2)3)34-21(7)29(40-36(24)34)15-30(22)37-27/h13-15,17,19,23,39,41-42H,9-12,16H2,1-8H3/t19-,23-/m0/s1. The number of nitrogens with one attached hydrogen (secondary N) is 2. The second-order valence-corrected chi connectivity index (χ2v) is 12.7. The second-order valence-electron chi connectivity index (χ2n) is 12.7. The normalized spacial score (nSPS) is 24.0. The number of aliphatic hydroxyl groups excluding tert-OH is 1. The van der Waals surface area contributed by atoms with Gasteiger partial charge in [0.15, 0.2) is 0 Å². The van der Waals surface area contributed by atoms with Gasteiger partial charge in [0.1, 0.15) is 0 Å². The summed E-state index contributed by atoms with van der Waals surface area (Å²) in [6.45, 7) is 14.4. The second kappa shape index (κ2) is 12.0. The monoisotopic (exact) mass is 609 g/mol. The summed E-state index contributed by atoms with van der Waals surface area (Å²) in [6, 6.07) is 0. The van der Waals surface area contributed by atoms with Gasteiger partial charge in [0.2, 0.25) is 0 Å². The Morgan fingerprint density at radius 1 is 1.04 bits per heavy atom. The molecule has 6 rings (SSSR count). The molecule has 236 valence electrons. The quantitative estimate of drug-likeness (QED) is 0.231. The fourth-order valence-electron chi connectivity index (χ4n) is 7.03. The maximum atomic E-state index is 12.3. The Morgan fingerprint density at radius 3 is 2.40 bits per heavy atom. The van der Waals surface area contributed by atoms with Crippen LogP contribution in [0.4, 0.5) is 0 Å². The number of methoxy groups -OCH3 is 1. The Morgan fingerprint density at radius 2 is 1.73 bits per heavy atom. The van der Waals surface area contributed by atoms with Crippen molar-refractivity contribution in [1.29, 1.82) is 0 Å². The molecule has 2 atom stereocenters. The first kappa shape index (κ1) is 30.9. The van der Waals surface area contributed by atoms with Crippen LogP contribution in [0, 0.1) is 11.8 Å². The van der Waals surface area contributed by atoms with E-state index in [2.05, 4.69) is 50.6 Å². The summed E-state index contributed by atoms with van der Waals surface area (Å²) >= 11 is 0. The molecule has 0 radical (unpaired) electrons. The van der Waals surface area contributed by atoms with E-state index in [9.17, 15) is 9.90 Å². The van der Waals surface area contributed by atoms with E-state index in [1.54, 1.807) is 0 Å². The lowest BCUT2D eigenvalue weighted by Crippen LogP contribution is -2.19. The zero-order chi connectivity index (χ0) is 32.2. The highest BCUT2D eigenvalue weighted by Gasteiger charge is 2.41. The topological polar surface area (TPSA) is 117 Å². The molecule has 0 spiro atoms. The zero-order valence-electron chi connectivity index (χ0n) is 27.5. The van der Waals surface area contributed by atoms with Crippen molar-refractivity contribution in [2.45, 2.75) is 80.3 Å². The maximum absolute atomic E-state index is 12.3. The van der Waals surface area contributed by atoms with Gasteiger partial charge in [-0.15, -0.1) is 0 Å². The van der Waals surface area contributed by atoms with Crippen LogP contribution in [0.5, 0.6) is 0 Å². The van der Waals surface area contributed by atoms with Crippen LogP contribution in [0.25, 0.3) is 0 Å². The van der Waals surface area contributed by atoms with E-state index in [-0.39, 0.29) is 30.5 Å². The van der Waals surface area contributed by atoms with E-state index in [0.29, 0.717) is 19.3 Å². The first-order valence-electron chi connectivity index (χ1n) is 15.9. The van der Waals surface area contributed by atoms with E-state index in [1.165, 1.54) is 12.7 Å². The van der Waals surface area contributed by atoms with Crippen LogP contribution >= 0.6 is 0 Å². The molecule has 0 unspecified atom stereocenters. The van der Waals surface area contributed by atoms with E-state index >= 15 is 0 Å². The van der Waals surface area contributed by atoms with Gasteiger partial charge in [-0.3, -0.25) is 15.1 Å². The number of aliphatic imine (C=N–C) groups is 3. The number of fused-ring (bicyclic) bond motifs is 5. The molecular formula is C36H43N5O4. The minimum absolute atomic E-state index is 0.00306. The lowest BCUT2D eigenvalue weighted by molar-refractivity contribution is -0.140. The summed E-state index contributed by atoms with van der Waals surface area (Å²) in [5.74, 6) is -0.107. The molecule has 6 aliphatic rings. The number of hydrogen-bond donors (Lipinski definition) is 3. The molecule has 1 fully saturated rings. The Bertz CT molecular complexity index is 1730. The van der Waals surface area contributed by atoms with E-state index in [0.717, 1.165) is 91.2 Å². The first-order valence-corrected chi connectivity index (χ1v) is 15.9. The molecule has 0 aromatic carbocycles. The Kier molecular flexibility index (Phi) is 8.26. The average Bonchev–Trinajstić information content (AvgIpc) is 3.77. The predicted octanol–water partition coefficient (Wildman–Crippen LogP) is 5.98. The van der Waals surface area contributed by atoms with Crippen LogP contribution < -0.4 is 10.8 Å². The zero-order valence-corrected chi connectivity index (χ0v) is 27.5. The van der Waals surface area contributed by atoms with Gasteiger partial charge in [0.05, 0.1) is 59.7 Å². The number of rotatable bonds is 8. The van der Waals surface area contributed by atoms with Gasteiger partial charge < -0.3 is 15.2 Å². The van der Waals surface area contributed by atoms with Gasteiger partial charge in [0, 0.05) is 52.8 Å². The molecule has 0 aromatic heterocycles. The van der Waals surface area contributed by atoms with Crippen LogP contribution in [0.3, 0.4) is 0 Å². The van der Waals surface area contributed by atoms with Gasteiger partial charge in [-0.25, -0.2) is 15.0 Å². The maximum Gasteiger partial charge on any atom is 0.305 e. The summed E-state index contributed by atoms with van der Waals surface area (Å²) < 4.78 is 5.02. The first-order chi connectivity index (χ1) is 21.6. The number of ether oxygens (including phenoxy) is 1. The van der Waals surface area contributed by atoms with Gasteiger partial charge in [0.25, 0.3) is 0 Å². The number of carbonyl (C=O) groups is 1. The third-order valence-corrected chi connectivity index (χ3v) is 9.67. The third kappa shape index (κ3) is 5.32. The van der Waals surface area contributed by atoms with Crippen LogP contribution in [0.1, 0.15) is 74.1 Å². The number of hydrogen-bond acceptors (Lipinski definition) is 9. The van der Waals surface area contributed by atoms with Crippen molar-refractivity contribution >= 4 is 23.1 Å². The molecule has 1 aliphatic carbocycles. The highest BCUT2D eigenvalue weighted by Crippen LogP contribution is 2.46. The molecule has 0 aromatic rings. The van der Waals surface area contributed by atoms with Gasteiger partial charge in [-0.2, -0.15) is 0 Å². The molecule has 9 heteroatoms. The fraction of sp³-hybridized carbons (Fsp3) is 0.444. The summed E-state index contributed by atoms with van der Waals surface area (Å²) in [7, 11) is 1.43. The molecular weight excluding hydrogens is 566 g/mol. The van der Waals surface area contributed by atoms with Crippen molar-refractivity contribution in [2.75, 3.05) is 13.7 Å². The van der Waals surface area contributed by atoms with Crippen LogP contribution in [0.2, 0.25) is 0 Å².